The van der Waals surface area contributed by atoms with Crippen LogP contribution in [0.4, 0.5) is 0 Å². The van der Waals surface area contributed by atoms with E-state index in [4.69, 9.17) is 0 Å². The third kappa shape index (κ3) is 2.16. The number of aryl methyl sites for hydroxylation is 1. The fraction of sp³-hybridized carbons (Fsp3) is 0.182. The molecule has 0 heterocycles. The van der Waals surface area contributed by atoms with Crippen molar-refractivity contribution in [2.45, 2.75) is 25.7 Å². The van der Waals surface area contributed by atoms with Crippen LogP contribution in [0.2, 0.25) is 0 Å². The van der Waals surface area contributed by atoms with Gasteiger partial charge in [-0.15, -0.1) is 0 Å². The number of hydrogen-bond acceptors (Lipinski definition) is 0. The Bertz CT molecular complexity index is 843. The molecule has 2 aromatic rings. The van der Waals surface area contributed by atoms with E-state index in [0.717, 1.165) is 12.8 Å². The maximum absolute atomic E-state index is 2.40. The Hall–Kier alpha value is -2.34. The predicted octanol–water partition coefficient (Wildman–Crippen LogP) is 5.87. The van der Waals surface area contributed by atoms with Gasteiger partial charge in [0.05, 0.1) is 0 Å². The van der Waals surface area contributed by atoms with Crippen LogP contribution in [-0.2, 0) is 6.42 Å². The highest BCUT2D eigenvalue weighted by molar-refractivity contribution is 5.88. The summed E-state index contributed by atoms with van der Waals surface area (Å²) in [7, 11) is 0. The molecule has 0 saturated heterocycles. The molecule has 0 aliphatic heterocycles. The molecule has 0 radical (unpaired) electrons. The minimum Gasteiger partial charge on any atom is -0.0801 e. The summed E-state index contributed by atoms with van der Waals surface area (Å²) in [4.78, 5) is 0. The first-order chi connectivity index (χ1) is 10.9. The topological polar surface area (TPSA) is 0 Å². The van der Waals surface area contributed by atoms with Gasteiger partial charge in [-0.2, -0.15) is 0 Å². The molecule has 1 unspecified atom stereocenters. The Kier molecular flexibility index (Phi) is 3.31. The molecule has 0 nitrogen and oxygen atoms in total. The summed E-state index contributed by atoms with van der Waals surface area (Å²) < 4.78 is 0. The van der Waals surface area contributed by atoms with E-state index in [1.54, 1.807) is 0 Å². The summed E-state index contributed by atoms with van der Waals surface area (Å²) in [6.45, 7) is 2.23. The summed E-state index contributed by atoms with van der Waals surface area (Å²) in [6.07, 6.45) is 15.7. The lowest BCUT2D eigenvalue weighted by molar-refractivity contribution is 1.03. The van der Waals surface area contributed by atoms with Gasteiger partial charge in [0.25, 0.3) is 0 Å². The number of allylic oxidation sites excluding steroid dienone is 8. The molecule has 0 aromatic heterocycles. The summed E-state index contributed by atoms with van der Waals surface area (Å²) in [5, 5.41) is 2.74. The molecule has 0 saturated carbocycles. The van der Waals surface area contributed by atoms with E-state index in [9.17, 15) is 0 Å². The lowest BCUT2D eigenvalue weighted by atomic mass is 9.87. The van der Waals surface area contributed by atoms with Crippen LogP contribution in [0, 0.1) is 0 Å². The Morgan fingerprint density at radius 3 is 2.86 bits per heavy atom. The molecule has 0 N–H and O–H groups in total. The smallest absolute Gasteiger partial charge is 0.0281 e. The molecule has 0 bridgehead atoms. The van der Waals surface area contributed by atoms with Gasteiger partial charge in [-0.1, -0.05) is 79.8 Å². The average Bonchev–Trinajstić information content (AvgIpc) is 2.82. The number of rotatable bonds is 2. The molecule has 0 fully saturated rings. The number of fused-ring (bicyclic) bond motifs is 1. The third-order valence-corrected chi connectivity index (χ3v) is 4.75. The summed E-state index contributed by atoms with van der Waals surface area (Å²) >= 11 is 0. The Labute approximate surface area is 132 Å². The first-order valence-electron chi connectivity index (χ1n) is 8.13. The van der Waals surface area contributed by atoms with E-state index in [-0.39, 0.29) is 0 Å². The second kappa shape index (κ2) is 5.46. The van der Waals surface area contributed by atoms with Crippen molar-refractivity contribution < 1.29 is 0 Å². The third-order valence-electron chi connectivity index (χ3n) is 4.75. The molecule has 0 spiro atoms. The minimum atomic E-state index is 0.391. The van der Waals surface area contributed by atoms with Crippen LogP contribution >= 0.6 is 0 Å². The largest absolute Gasteiger partial charge is 0.0801 e. The Morgan fingerprint density at radius 2 is 1.95 bits per heavy atom. The van der Waals surface area contributed by atoms with E-state index >= 15 is 0 Å². The SMILES string of the molecule is CCc1cc(C2C=CC3=C2C=CC=CC3)c2ccccc2c1. The standard InChI is InChI=1S/C22H20/c1-2-16-14-18-9-6-7-11-20(18)22(15-16)21-13-12-17-8-4-3-5-10-19(17)21/h3-7,9-15,21H,2,8H2,1H3. The maximum atomic E-state index is 2.40. The highest BCUT2D eigenvalue weighted by Gasteiger charge is 2.22. The van der Waals surface area contributed by atoms with Crippen LogP contribution in [0.3, 0.4) is 0 Å². The van der Waals surface area contributed by atoms with Gasteiger partial charge >= 0.3 is 0 Å². The number of hydrogen-bond donors (Lipinski definition) is 0. The fourth-order valence-corrected chi connectivity index (χ4v) is 3.58. The van der Waals surface area contributed by atoms with Crippen molar-refractivity contribution in [1.82, 2.24) is 0 Å². The van der Waals surface area contributed by atoms with E-state index in [1.165, 1.54) is 33.0 Å². The van der Waals surface area contributed by atoms with Crippen LogP contribution in [0.15, 0.2) is 84.0 Å². The van der Waals surface area contributed by atoms with Crippen molar-refractivity contribution in [2.75, 3.05) is 0 Å². The quantitative estimate of drug-likeness (QED) is 0.647. The minimum absolute atomic E-state index is 0.391. The average molecular weight is 284 g/mol. The maximum Gasteiger partial charge on any atom is 0.0281 e. The molecule has 108 valence electrons. The zero-order valence-electron chi connectivity index (χ0n) is 12.9. The summed E-state index contributed by atoms with van der Waals surface area (Å²) in [5.41, 5.74) is 5.79. The molecule has 2 aliphatic rings. The van der Waals surface area contributed by atoms with E-state index < -0.39 is 0 Å². The second-order valence-corrected chi connectivity index (χ2v) is 6.07. The van der Waals surface area contributed by atoms with Crippen molar-refractivity contribution in [1.29, 1.82) is 0 Å². The van der Waals surface area contributed by atoms with Gasteiger partial charge in [0.2, 0.25) is 0 Å². The zero-order chi connectivity index (χ0) is 14.9. The summed E-state index contributed by atoms with van der Waals surface area (Å²) in [6, 6.07) is 13.5. The van der Waals surface area contributed by atoms with Crippen molar-refractivity contribution in [3.05, 3.63) is 95.1 Å². The molecule has 4 rings (SSSR count). The predicted molar refractivity (Wildman–Crippen MR) is 95.1 cm³/mol. The second-order valence-electron chi connectivity index (χ2n) is 6.07. The van der Waals surface area contributed by atoms with Gasteiger partial charge in [-0.05, 0) is 45.9 Å². The molecular weight excluding hydrogens is 264 g/mol. The van der Waals surface area contributed by atoms with Gasteiger partial charge < -0.3 is 0 Å². The van der Waals surface area contributed by atoms with Crippen LogP contribution in [0.25, 0.3) is 10.8 Å². The molecule has 0 heteroatoms. The summed E-state index contributed by atoms with van der Waals surface area (Å²) in [5.74, 6) is 0.391. The lowest BCUT2D eigenvalue weighted by Crippen LogP contribution is -1.99. The van der Waals surface area contributed by atoms with Crippen molar-refractivity contribution in [2.24, 2.45) is 0 Å². The van der Waals surface area contributed by atoms with Crippen molar-refractivity contribution in [3.8, 4) is 0 Å². The van der Waals surface area contributed by atoms with E-state index in [1.807, 2.05) is 0 Å². The van der Waals surface area contributed by atoms with Crippen molar-refractivity contribution in [3.63, 3.8) is 0 Å². The molecule has 1 atom stereocenters. The Morgan fingerprint density at radius 1 is 1.05 bits per heavy atom. The molecule has 2 aromatic carbocycles. The van der Waals surface area contributed by atoms with Crippen molar-refractivity contribution >= 4 is 10.8 Å². The molecule has 2 aliphatic carbocycles. The number of benzene rings is 2. The zero-order valence-corrected chi connectivity index (χ0v) is 12.9. The van der Waals surface area contributed by atoms with Crippen LogP contribution in [0.5, 0.6) is 0 Å². The lowest BCUT2D eigenvalue weighted by Gasteiger charge is -2.17. The molecule has 22 heavy (non-hydrogen) atoms. The fourth-order valence-electron chi connectivity index (χ4n) is 3.58. The molecule has 0 amide bonds. The van der Waals surface area contributed by atoms with Crippen LogP contribution in [0.1, 0.15) is 30.4 Å². The van der Waals surface area contributed by atoms with Gasteiger partial charge in [-0.25, -0.2) is 0 Å². The monoisotopic (exact) mass is 284 g/mol. The van der Waals surface area contributed by atoms with Gasteiger partial charge in [-0.3, -0.25) is 0 Å². The van der Waals surface area contributed by atoms with Crippen LogP contribution < -0.4 is 0 Å². The van der Waals surface area contributed by atoms with Gasteiger partial charge in [0.1, 0.15) is 0 Å². The van der Waals surface area contributed by atoms with Gasteiger partial charge in [0, 0.05) is 5.92 Å². The van der Waals surface area contributed by atoms with Crippen LogP contribution in [-0.4, -0.2) is 0 Å². The Balaban J connectivity index is 1.91. The normalized spacial score (nSPS) is 19.8. The van der Waals surface area contributed by atoms with E-state index in [2.05, 4.69) is 79.8 Å². The van der Waals surface area contributed by atoms with Gasteiger partial charge in [0.15, 0.2) is 0 Å². The highest BCUT2D eigenvalue weighted by atomic mass is 14.3. The first kappa shape index (κ1) is 13.3. The molecular formula is C22H20. The highest BCUT2D eigenvalue weighted by Crippen LogP contribution is 2.40. The first-order valence-corrected chi connectivity index (χ1v) is 8.13. The van der Waals surface area contributed by atoms with E-state index in [0.29, 0.717) is 5.92 Å².